The Kier molecular flexibility index (Phi) is 7.72. The van der Waals surface area contributed by atoms with Crippen LogP contribution in [-0.4, -0.2) is 25.0 Å². The van der Waals surface area contributed by atoms with Crippen LogP contribution in [0.5, 0.6) is 11.5 Å². The Balaban J connectivity index is 1.99. The number of carbonyl (C=O) groups excluding carboxylic acids is 2. The molecule has 0 bridgehead atoms. The maximum atomic E-state index is 12.2. The zero-order valence-electron chi connectivity index (χ0n) is 15.6. The summed E-state index contributed by atoms with van der Waals surface area (Å²) >= 11 is 12.1. The molecule has 2 amide bonds. The summed E-state index contributed by atoms with van der Waals surface area (Å²) in [5.41, 5.74) is 5.42. The molecule has 0 aliphatic rings. The molecule has 0 unspecified atom stereocenters. The van der Waals surface area contributed by atoms with Crippen LogP contribution < -0.4 is 20.3 Å². The summed E-state index contributed by atoms with van der Waals surface area (Å²) < 4.78 is 10.8. The summed E-state index contributed by atoms with van der Waals surface area (Å²) in [6.07, 6.45) is 2.65. The second kappa shape index (κ2) is 10.0. The molecular formula is C20H20Cl2N2O4. The summed E-state index contributed by atoms with van der Waals surface area (Å²) in [5.74, 6) is -0.110. The van der Waals surface area contributed by atoms with Crippen molar-refractivity contribution in [1.29, 1.82) is 0 Å². The fraction of sp³-hybridized carbons (Fsp3) is 0.200. The molecule has 0 fully saturated rings. The first-order valence-corrected chi connectivity index (χ1v) is 9.14. The van der Waals surface area contributed by atoms with E-state index in [2.05, 4.69) is 10.9 Å². The highest BCUT2D eigenvalue weighted by Gasteiger charge is 2.12. The lowest BCUT2D eigenvalue weighted by Gasteiger charge is -2.14. The molecule has 2 rings (SSSR count). The smallest absolute Gasteiger partial charge is 0.269 e. The quantitative estimate of drug-likeness (QED) is 0.538. The van der Waals surface area contributed by atoms with Crippen LogP contribution in [0.3, 0.4) is 0 Å². The first-order chi connectivity index (χ1) is 13.3. The first kappa shape index (κ1) is 21.6. The first-order valence-electron chi connectivity index (χ1n) is 8.39. The molecule has 2 aromatic carbocycles. The van der Waals surface area contributed by atoms with Crippen molar-refractivity contribution in [3.8, 4) is 11.5 Å². The topological polar surface area (TPSA) is 76.7 Å². The minimum absolute atomic E-state index is 0.0359. The summed E-state index contributed by atoms with van der Waals surface area (Å²) in [5, 5.41) is 0.827. The zero-order valence-corrected chi connectivity index (χ0v) is 17.1. The molecule has 28 heavy (non-hydrogen) atoms. The molecule has 0 saturated heterocycles. The lowest BCUT2D eigenvalue weighted by atomic mass is 10.2. The summed E-state index contributed by atoms with van der Waals surface area (Å²) in [6, 6.07) is 9.75. The van der Waals surface area contributed by atoms with Crippen molar-refractivity contribution in [3.05, 3.63) is 63.6 Å². The van der Waals surface area contributed by atoms with E-state index in [1.807, 2.05) is 13.8 Å². The van der Waals surface area contributed by atoms with E-state index < -0.39 is 11.8 Å². The van der Waals surface area contributed by atoms with Gasteiger partial charge in [-0.15, -0.1) is 0 Å². The van der Waals surface area contributed by atoms with E-state index in [1.54, 1.807) is 30.3 Å². The Labute approximate surface area is 173 Å². The lowest BCUT2D eigenvalue weighted by Crippen LogP contribution is -2.40. The average molecular weight is 423 g/mol. The SMILES string of the molecule is COc1cc(C(=O)NNC(=O)/C=C/c2c(Cl)cccc2Cl)ccc1OC(C)C. The van der Waals surface area contributed by atoms with E-state index in [-0.39, 0.29) is 6.10 Å². The van der Waals surface area contributed by atoms with Gasteiger partial charge in [0.2, 0.25) is 0 Å². The fourth-order valence-corrected chi connectivity index (χ4v) is 2.74. The van der Waals surface area contributed by atoms with Gasteiger partial charge in [0.1, 0.15) is 0 Å². The van der Waals surface area contributed by atoms with Crippen molar-refractivity contribution in [1.82, 2.24) is 10.9 Å². The van der Waals surface area contributed by atoms with Crippen molar-refractivity contribution >= 4 is 41.1 Å². The van der Waals surface area contributed by atoms with E-state index in [4.69, 9.17) is 32.7 Å². The van der Waals surface area contributed by atoms with E-state index in [9.17, 15) is 9.59 Å². The predicted molar refractivity (Wildman–Crippen MR) is 110 cm³/mol. The Morgan fingerprint density at radius 2 is 1.71 bits per heavy atom. The van der Waals surface area contributed by atoms with Crippen LogP contribution in [0.15, 0.2) is 42.5 Å². The van der Waals surface area contributed by atoms with E-state index in [0.717, 1.165) is 0 Å². The highest BCUT2D eigenvalue weighted by molar-refractivity contribution is 6.37. The molecule has 0 aliphatic carbocycles. The number of hydrogen-bond acceptors (Lipinski definition) is 4. The van der Waals surface area contributed by atoms with Crippen LogP contribution in [0.2, 0.25) is 10.0 Å². The van der Waals surface area contributed by atoms with Crippen molar-refractivity contribution in [2.75, 3.05) is 7.11 Å². The van der Waals surface area contributed by atoms with Gasteiger partial charge in [0.15, 0.2) is 11.5 Å². The standard InChI is InChI=1S/C20H20Cl2N2O4/c1-12(2)28-17-9-7-13(11-18(17)27-3)20(26)24-23-19(25)10-8-14-15(21)5-4-6-16(14)22/h4-12H,1-3H3,(H,23,25)(H,24,26)/b10-8+. The third kappa shape index (κ3) is 5.90. The van der Waals surface area contributed by atoms with Gasteiger partial charge < -0.3 is 9.47 Å². The summed E-state index contributed by atoms with van der Waals surface area (Å²) in [6.45, 7) is 3.78. The molecule has 8 heteroatoms. The predicted octanol–water partition coefficient (Wildman–Crippen LogP) is 4.26. The number of benzene rings is 2. The number of ether oxygens (including phenoxy) is 2. The van der Waals surface area contributed by atoms with E-state index >= 15 is 0 Å². The molecule has 148 valence electrons. The van der Waals surface area contributed by atoms with Gasteiger partial charge in [0.05, 0.1) is 13.2 Å². The molecular weight excluding hydrogens is 403 g/mol. The molecule has 0 aromatic heterocycles. The lowest BCUT2D eigenvalue weighted by molar-refractivity contribution is -0.117. The van der Waals surface area contributed by atoms with Crippen LogP contribution in [0.25, 0.3) is 6.08 Å². The Morgan fingerprint density at radius 1 is 1.04 bits per heavy atom. The summed E-state index contributed by atoms with van der Waals surface area (Å²) in [4.78, 5) is 24.2. The number of amides is 2. The van der Waals surface area contributed by atoms with Crippen molar-refractivity contribution < 1.29 is 19.1 Å². The van der Waals surface area contributed by atoms with Crippen LogP contribution in [0.1, 0.15) is 29.8 Å². The molecule has 0 spiro atoms. The largest absolute Gasteiger partial charge is 0.493 e. The van der Waals surface area contributed by atoms with Crippen molar-refractivity contribution in [2.24, 2.45) is 0 Å². The third-order valence-corrected chi connectivity index (χ3v) is 4.15. The zero-order chi connectivity index (χ0) is 20.7. The number of nitrogens with one attached hydrogen (secondary N) is 2. The average Bonchev–Trinajstić information content (AvgIpc) is 2.65. The number of hydrazine groups is 1. The molecule has 0 saturated carbocycles. The van der Waals surface area contributed by atoms with Gasteiger partial charge in [-0.25, -0.2) is 0 Å². The van der Waals surface area contributed by atoms with E-state index in [1.165, 1.54) is 25.3 Å². The monoisotopic (exact) mass is 422 g/mol. The fourth-order valence-electron chi connectivity index (χ4n) is 2.22. The van der Waals surface area contributed by atoms with Gasteiger partial charge in [-0.1, -0.05) is 29.3 Å². The highest BCUT2D eigenvalue weighted by Crippen LogP contribution is 2.29. The minimum atomic E-state index is -0.545. The minimum Gasteiger partial charge on any atom is -0.493 e. The second-order valence-corrected chi connectivity index (χ2v) is 6.76. The molecule has 0 heterocycles. The van der Waals surface area contributed by atoms with Crippen LogP contribution in [0.4, 0.5) is 0 Å². The molecule has 0 aliphatic heterocycles. The Morgan fingerprint density at radius 3 is 2.32 bits per heavy atom. The molecule has 2 N–H and O–H groups in total. The van der Waals surface area contributed by atoms with Crippen molar-refractivity contribution in [2.45, 2.75) is 20.0 Å². The van der Waals surface area contributed by atoms with E-state index in [0.29, 0.717) is 32.7 Å². The number of halogens is 2. The maximum absolute atomic E-state index is 12.2. The van der Waals surface area contributed by atoms with Gasteiger partial charge in [-0.3, -0.25) is 20.4 Å². The number of methoxy groups -OCH3 is 1. The number of rotatable bonds is 6. The second-order valence-electron chi connectivity index (χ2n) is 5.94. The third-order valence-electron chi connectivity index (χ3n) is 3.49. The van der Waals surface area contributed by atoms with Gasteiger partial charge in [-0.05, 0) is 50.3 Å². The maximum Gasteiger partial charge on any atom is 0.269 e. The number of hydrogen-bond donors (Lipinski definition) is 2. The Hall–Kier alpha value is -2.70. The van der Waals surface area contributed by atoms with Gasteiger partial charge >= 0.3 is 0 Å². The van der Waals surface area contributed by atoms with Gasteiger partial charge in [0.25, 0.3) is 11.8 Å². The molecule has 2 aromatic rings. The normalized spacial score (nSPS) is 10.8. The van der Waals surface area contributed by atoms with Crippen LogP contribution >= 0.6 is 23.2 Å². The molecule has 0 atom stereocenters. The Bertz CT molecular complexity index is 878. The van der Waals surface area contributed by atoms with Crippen LogP contribution in [-0.2, 0) is 4.79 Å². The molecule has 6 nitrogen and oxygen atoms in total. The number of carbonyl (C=O) groups is 2. The summed E-state index contributed by atoms with van der Waals surface area (Å²) in [7, 11) is 1.48. The molecule has 0 radical (unpaired) electrons. The van der Waals surface area contributed by atoms with Gasteiger partial charge in [-0.2, -0.15) is 0 Å². The van der Waals surface area contributed by atoms with Crippen LogP contribution in [0, 0.1) is 0 Å². The van der Waals surface area contributed by atoms with Gasteiger partial charge in [0, 0.05) is 27.2 Å². The highest BCUT2D eigenvalue weighted by atomic mass is 35.5. The van der Waals surface area contributed by atoms with Crippen molar-refractivity contribution in [3.63, 3.8) is 0 Å².